The third kappa shape index (κ3) is 3.78. The zero-order valence-electron chi connectivity index (χ0n) is 18.5. The zero-order chi connectivity index (χ0) is 22.2. The second-order valence-electron chi connectivity index (χ2n) is 9.03. The summed E-state index contributed by atoms with van der Waals surface area (Å²) in [5, 5.41) is 7.62. The van der Waals surface area contributed by atoms with Crippen molar-refractivity contribution >= 4 is 23.4 Å². The van der Waals surface area contributed by atoms with Crippen molar-refractivity contribution in [1.29, 1.82) is 0 Å². The molecule has 0 spiro atoms. The van der Waals surface area contributed by atoms with E-state index in [0.29, 0.717) is 43.7 Å². The van der Waals surface area contributed by atoms with E-state index in [1.54, 1.807) is 26.6 Å². The van der Waals surface area contributed by atoms with Gasteiger partial charge in [0.25, 0.3) is 11.8 Å². The molecule has 1 aromatic carbocycles. The van der Waals surface area contributed by atoms with Crippen LogP contribution in [0.4, 0.5) is 5.69 Å². The number of benzene rings is 1. The second-order valence-corrected chi connectivity index (χ2v) is 9.03. The lowest BCUT2D eigenvalue weighted by Gasteiger charge is -2.28. The maximum Gasteiger partial charge on any atom is 0.272 e. The zero-order valence-corrected chi connectivity index (χ0v) is 18.5. The molecule has 32 heavy (non-hydrogen) atoms. The number of nitrogens with one attached hydrogen (secondary N) is 1. The van der Waals surface area contributed by atoms with Gasteiger partial charge < -0.3 is 15.1 Å². The van der Waals surface area contributed by atoms with Crippen LogP contribution in [0.3, 0.4) is 0 Å². The van der Waals surface area contributed by atoms with Gasteiger partial charge in [-0.25, -0.2) is 0 Å². The van der Waals surface area contributed by atoms with Crippen molar-refractivity contribution in [3.8, 4) is 0 Å². The summed E-state index contributed by atoms with van der Waals surface area (Å²) in [5.41, 5.74) is 3.62. The average molecular weight is 436 g/mol. The van der Waals surface area contributed by atoms with Crippen molar-refractivity contribution in [3.05, 3.63) is 46.8 Å². The molecular weight excluding hydrogens is 406 g/mol. The van der Waals surface area contributed by atoms with E-state index < -0.39 is 0 Å². The summed E-state index contributed by atoms with van der Waals surface area (Å²) in [6.07, 6.45) is 6.39. The van der Waals surface area contributed by atoms with Gasteiger partial charge in [0.1, 0.15) is 0 Å². The van der Waals surface area contributed by atoms with Gasteiger partial charge in [-0.2, -0.15) is 5.10 Å². The molecule has 2 aromatic rings. The summed E-state index contributed by atoms with van der Waals surface area (Å²) in [6.45, 7) is 1.63. The van der Waals surface area contributed by atoms with Crippen LogP contribution < -0.4 is 10.2 Å². The predicted octanol–water partition coefficient (Wildman–Crippen LogP) is 2.42. The first-order chi connectivity index (χ1) is 15.5. The number of rotatable bonds is 4. The monoisotopic (exact) mass is 435 g/mol. The van der Waals surface area contributed by atoms with Gasteiger partial charge in [0.2, 0.25) is 5.91 Å². The largest absolute Gasteiger partial charge is 0.348 e. The van der Waals surface area contributed by atoms with Crippen molar-refractivity contribution < 1.29 is 14.4 Å². The Bertz CT molecular complexity index is 1070. The summed E-state index contributed by atoms with van der Waals surface area (Å²) in [7, 11) is 1.86. The van der Waals surface area contributed by atoms with E-state index in [-0.39, 0.29) is 23.8 Å². The second kappa shape index (κ2) is 8.41. The van der Waals surface area contributed by atoms with E-state index >= 15 is 0 Å². The quantitative estimate of drug-likeness (QED) is 0.799. The lowest BCUT2D eigenvalue weighted by molar-refractivity contribution is -0.117. The van der Waals surface area contributed by atoms with Crippen molar-refractivity contribution in [2.45, 2.75) is 57.5 Å². The van der Waals surface area contributed by atoms with Crippen molar-refractivity contribution in [2.75, 3.05) is 18.0 Å². The number of fused-ring (bicyclic) bond motifs is 1. The maximum atomic E-state index is 13.3. The first-order valence-corrected chi connectivity index (χ1v) is 11.6. The SMILES string of the molecule is Cn1nc(C(=O)NC2CCCC2)c2c1CCN(C(=O)c1cccc(N3CCCC3=O)c1)C2. The van der Waals surface area contributed by atoms with Crippen LogP contribution >= 0.6 is 0 Å². The molecule has 0 bridgehead atoms. The summed E-state index contributed by atoms with van der Waals surface area (Å²) >= 11 is 0. The molecule has 8 nitrogen and oxygen atoms in total. The number of carbonyl (C=O) groups is 3. The molecule has 1 saturated heterocycles. The van der Waals surface area contributed by atoms with Gasteiger partial charge in [-0.3, -0.25) is 19.1 Å². The maximum absolute atomic E-state index is 13.3. The van der Waals surface area contributed by atoms with Crippen LogP contribution in [0.5, 0.6) is 0 Å². The highest BCUT2D eigenvalue weighted by Crippen LogP contribution is 2.27. The minimum Gasteiger partial charge on any atom is -0.348 e. The lowest BCUT2D eigenvalue weighted by atomic mass is 10.0. The molecule has 8 heteroatoms. The Morgan fingerprint density at radius 1 is 1.09 bits per heavy atom. The third-order valence-electron chi connectivity index (χ3n) is 6.91. The highest BCUT2D eigenvalue weighted by molar-refractivity contribution is 5.99. The number of nitrogens with zero attached hydrogens (tertiary/aromatic N) is 4. The van der Waals surface area contributed by atoms with Gasteiger partial charge in [-0.1, -0.05) is 18.9 Å². The first-order valence-electron chi connectivity index (χ1n) is 11.6. The molecule has 3 aliphatic rings. The number of amides is 3. The predicted molar refractivity (Wildman–Crippen MR) is 119 cm³/mol. The molecule has 0 radical (unpaired) electrons. The Kier molecular flexibility index (Phi) is 5.45. The van der Waals surface area contributed by atoms with Crippen LogP contribution in [0.1, 0.15) is 70.6 Å². The van der Waals surface area contributed by atoms with E-state index in [2.05, 4.69) is 10.4 Å². The van der Waals surface area contributed by atoms with Crippen LogP contribution in [0.2, 0.25) is 0 Å². The summed E-state index contributed by atoms with van der Waals surface area (Å²) in [4.78, 5) is 41.9. The fourth-order valence-corrected chi connectivity index (χ4v) is 5.18. The normalized spacial score (nSPS) is 18.8. The van der Waals surface area contributed by atoms with Crippen LogP contribution in [0, 0.1) is 0 Å². The number of hydrogen-bond acceptors (Lipinski definition) is 4. The summed E-state index contributed by atoms with van der Waals surface area (Å²) in [6, 6.07) is 7.52. The first kappa shape index (κ1) is 20.7. The van der Waals surface area contributed by atoms with E-state index in [0.717, 1.165) is 49.0 Å². The van der Waals surface area contributed by atoms with Gasteiger partial charge in [-0.15, -0.1) is 0 Å². The van der Waals surface area contributed by atoms with Crippen molar-refractivity contribution in [3.63, 3.8) is 0 Å². The Hall–Kier alpha value is -3.16. The minimum atomic E-state index is -0.141. The molecule has 1 aromatic heterocycles. The fourth-order valence-electron chi connectivity index (χ4n) is 5.18. The summed E-state index contributed by atoms with van der Waals surface area (Å²) < 4.78 is 1.78. The molecule has 2 aliphatic heterocycles. The van der Waals surface area contributed by atoms with E-state index in [1.807, 2.05) is 19.2 Å². The van der Waals surface area contributed by atoms with Crippen LogP contribution in [0.25, 0.3) is 0 Å². The molecule has 5 rings (SSSR count). The molecule has 1 N–H and O–H groups in total. The molecule has 3 amide bonds. The van der Waals surface area contributed by atoms with Crippen LogP contribution in [0.15, 0.2) is 24.3 Å². The average Bonchev–Trinajstić information content (AvgIpc) is 3.54. The summed E-state index contributed by atoms with van der Waals surface area (Å²) in [5.74, 6) is -0.127. The standard InChI is InChI=1S/C24H29N5O3/c1-27-20-11-13-28(15-19(20)22(26-27)23(31)25-17-7-2-3-8-17)24(32)16-6-4-9-18(14-16)29-12-5-10-21(29)30/h4,6,9,14,17H,2-3,5,7-8,10-13,15H2,1H3,(H,25,31). The fraction of sp³-hybridized carbons (Fsp3) is 0.500. The molecular formula is C24H29N5O3. The Morgan fingerprint density at radius 3 is 2.66 bits per heavy atom. The third-order valence-corrected chi connectivity index (χ3v) is 6.91. The molecule has 0 unspecified atom stereocenters. The van der Waals surface area contributed by atoms with Gasteiger partial charge in [0, 0.05) is 61.5 Å². The number of aryl methyl sites for hydroxylation is 1. The lowest BCUT2D eigenvalue weighted by Crippen LogP contribution is -2.38. The highest BCUT2D eigenvalue weighted by atomic mass is 16.2. The van der Waals surface area contributed by atoms with E-state index in [1.165, 1.54) is 0 Å². The Labute approximate surface area is 187 Å². The number of aromatic nitrogens is 2. The Morgan fingerprint density at radius 2 is 1.91 bits per heavy atom. The van der Waals surface area contributed by atoms with Crippen LogP contribution in [-0.2, 0) is 24.8 Å². The number of anilines is 1. The molecule has 1 saturated carbocycles. The molecule has 2 fully saturated rings. The van der Waals surface area contributed by atoms with E-state index in [4.69, 9.17) is 0 Å². The molecule has 1 aliphatic carbocycles. The number of carbonyl (C=O) groups excluding carboxylic acids is 3. The van der Waals surface area contributed by atoms with Gasteiger partial charge >= 0.3 is 0 Å². The molecule has 168 valence electrons. The van der Waals surface area contributed by atoms with Gasteiger partial charge in [0.15, 0.2) is 5.69 Å². The van der Waals surface area contributed by atoms with E-state index in [9.17, 15) is 14.4 Å². The van der Waals surface area contributed by atoms with Crippen molar-refractivity contribution in [1.82, 2.24) is 20.0 Å². The van der Waals surface area contributed by atoms with Gasteiger partial charge in [0.05, 0.1) is 6.54 Å². The topological polar surface area (TPSA) is 87.5 Å². The van der Waals surface area contributed by atoms with Gasteiger partial charge in [-0.05, 0) is 37.5 Å². The smallest absolute Gasteiger partial charge is 0.272 e. The Balaban J connectivity index is 1.35. The highest BCUT2D eigenvalue weighted by Gasteiger charge is 2.31. The van der Waals surface area contributed by atoms with Crippen molar-refractivity contribution in [2.24, 2.45) is 7.05 Å². The molecule has 3 heterocycles. The van der Waals surface area contributed by atoms with Crippen LogP contribution in [-0.4, -0.2) is 51.5 Å². The minimum absolute atomic E-state index is 0.0878. The number of hydrogen-bond donors (Lipinski definition) is 1. The molecule has 0 atom stereocenters.